The van der Waals surface area contributed by atoms with E-state index in [1.807, 2.05) is 74.4 Å². The Morgan fingerprint density at radius 3 is 2.28 bits per heavy atom. The molecule has 0 aromatic heterocycles. The number of nitrogens with zero attached hydrogens (tertiary/aromatic N) is 4. The quantitative estimate of drug-likeness (QED) is 0.738. The summed E-state index contributed by atoms with van der Waals surface area (Å²) >= 11 is 0. The van der Waals surface area contributed by atoms with Gasteiger partial charge in [-0.15, -0.1) is 10.2 Å². The molecule has 0 spiro atoms. The second-order valence-electron chi connectivity index (χ2n) is 4.12. The van der Waals surface area contributed by atoms with Crippen molar-refractivity contribution < 1.29 is 0 Å². The van der Waals surface area contributed by atoms with Gasteiger partial charge < -0.3 is 9.80 Å². The molecule has 0 saturated heterocycles. The SMILES string of the molecule is C=C(N=Nc1ccc(N(C)C)cc1)N(C)/C=C\C. The van der Waals surface area contributed by atoms with E-state index in [-0.39, 0.29) is 0 Å². The highest BCUT2D eigenvalue weighted by molar-refractivity contribution is 5.51. The fraction of sp³-hybridized carbons (Fsp3) is 0.286. The van der Waals surface area contributed by atoms with Crippen LogP contribution in [-0.2, 0) is 0 Å². The van der Waals surface area contributed by atoms with E-state index in [0.29, 0.717) is 5.82 Å². The van der Waals surface area contributed by atoms with Gasteiger partial charge in [0.1, 0.15) is 5.82 Å². The Morgan fingerprint density at radius 1 is 1.17 bits per heavy atom. The minimum absolute atomic E-state index is 0.602. The molecule has 0 N–H and O–H groups in total. The molecular weight excluding hydrogens is 224 g/mol. The summed E-state index contributed by atoms with van der Waals surface area (Å²) in [7, 11) is 5.89. The maximum atomic E-state index is 4.14. The average molecular weight is 244 g/mol. The number of anilines is 1. The van der Waals surface area contributed by atoms with Gasteiger partial charge in [-0.3, -0.25) is 0 Å². The summed E-state index contributed by atoms with van der Waals surface area (Å²) in [5.41, 5.74) is 1.95. The zero-order chi connectivity index (χ0) is 13.5. The highest BCUT2D eigenvalue weighted by Gasteiger charge is 1.97. The Hall–Kier alpha value is -2.10. The first kappa shape index (κ1) is 14.0. The highest BCUT2D eigenvalue weighted by atomic mass is 15.3. The molecule has 1 aromatic carbocycles. The summed E-state index contributed by atoms with van der Waals surface area (Å²) < 4.78 is 0. The summed E-state index contributed by atoms with van der Waals surface area (Å²) in [6.07, 6.45) is 3.81. The number of allylic oxidation sites excluding steroid dienone is 1. The lowest BCUT2D eigenvalue weighted by atomic mass is 10.3. The van der Waals surface area contributed by atoms with Crippen LogP contribution in [0.25, 0.3) is 0 Å². The third-order valence-corrected chi connectivity index (χ3v) is 2.43. The molecular formula is C14H20N4. The second-order valence-corrected chi connectivity index (χ2v) is 4.12. The normalized spacial score (nSPS) is 11.1. The topological polar surface area (TPSA) is 31.2 Å². The van der Waals surface area contributed by atoms with Crippen molar-refractivity contribution in [2.75, 3.05) is 26.0 Å². The van der Waals surface area contributed by atoms with Crippen LogP contribution in [0.2, 0.25) is 0 Å². The first-order chi connectivity index (χ1) is 8.54. The third kappa shape index (κ3) is 4.05. The number of hydrogen-bond donors (Lipinski definition) is 0. The number of benzene rings is 1. The van der Waals surface area contributed by atoms with Gasteiger partial charge in [0.25, 0.3) is 0 Å². The van der Waals surface area contributed by atoms with Crippen LogP contribution < -0.4 is 4.90 Å². The molecule has 18 heavy (non-hydrogen) atoms. The van der Waals surface area contributed by atoms with Gasteiger partial charge in [-0.25, -0.2) is 0 Å². The molecule has 0 amide bonds. The van der Waals surface area contributed by atoms with Crippen molar-refractivity contribution in [3.05, 3.63) is 48.9 Å². The van der Waals surface area contributed by atoms with Crippen LogP contribution in [0.5, 0.6) is 0 Å². The Bertz CT molecular complexity index is 443. The zero-order valence-corrected chi connectivity index (χ0v) is 11.5. The molecule has 4 nitrogen and oxygen atoms in total. The molecule has 0 bridgehead atoms. The highest BCUT2D eigenvalue weighted by Crippen LogP contribution is 2.19. The predicted octanol–water partition coefficient (Wildman–Crippen LogP) is 3.77. The standard InChI is InChI=1S/C14H20N4/c1-6-11-18(5)12(2)15-16-13-7-9-14(10-8-13)17(3)4/h6-11H,2H2,1,3-5H3/b11-6-,16-15?. The monoisotopic (exact) mass is 244 g/mol. The van der Waals surface area contributed by atoms with Gasteiger partial charge in [0.15, 0.2) is 0 Å². The molecule has 4 heteroatoms. The van der Waals surface area contributed by atoms with E-state index in [0.717, 1.165) is 11.4 Å². The Balaban J connectivity index is 2.70. The second kappa shape index (κ2) is 6.59. The first-order valence-electron chi connectivity index (χ1n) is 5.78. The molecule has 0 heterocycles. The van der Waals surface area contributed by atoms with Gasteiger partial charge >= 0.3 is 0 Å². The molecule has 0 radical (unpaired) electrons. The van der Waals surface area contributed by atoms with Crippen molar-refractivity contribution in [1.82, 2.24) is 4.90 Å². The lowest BCUT2D eigenvalue weighted by Gasteiger charge is -2.12. The summed E-state index contributed by atoms with van der Waals surface area (Å²) in [6, 6.07) is 7.88. The van der Waals surface area contributed by atoms with Gasteiger partial charge in [0.05, 0.1) is 5.69 Å². The molecule has 0 fully saturated rings. The van der Waals surface area contributed by atoms with E-state index in [9.17, 15) is 0 Å². The van der Waals surface area contributed by atoms with Crippen molar-refractivity contribution in [3.63, 3.8) is 0 Å². The Labute approximate surface area is 109 Å². The molecule has 0 atom stereocenters. The molecule has 0 aliphatic carbocycles. The molecule has 0 aliphatic rings. The average Bonchev–Trinajstić information content (AvgIpc) is 2.36. The molecule has 1 aromatic rings. The summed E-state index contributed by atoms with van der Waals surface area (Å²) in [5, 5.41) is 8.22. The first-order valence-corrected chi connectivity index (χ1v) is 5.78. The van der Waals surface area contributed by atoms with E-state index in [2.05, 4.69) is 16.8 Å². The summed E-state index contributed by atoms with van der Waals surface area (Å²) in [6.45, 7) is 5.79. The zero-order valence-electron chi connectivity index (χ0n) is 11.5. The van der Waals surface area contributed by atoms with Crippen molar-refractivity contribution in [2.45, 2.75) is 6.92 Å². The maximum absolute atomic E-state index is 4.14. The van der Waals surface area contributed by atoms with Crippen molar-refractivity contribution in [1.29, 1.82) is 0 Å². The summed E-state index contributed by atoms with van der Waals surface area (Å²) in [5.74, 6) is 0.602. The lowest BCUT2D eigenvalue weighted by molar-refractivity contribution is 0.555. The van der Waals surface area contributed by atoms with Crippen LogP contribution in [0, 0.1) is 0 Å². The smallest absolute Gasteiger partial charge is 0.147 e. The van der Waals surface area contributed by atoms with E-state index in [1.54, 1.807) is 0 Å². The molecule has 1 rings (SSSR count). The van der Waals surface area contributed by atoms with E-state index in [1.165, 1.54) is 0 Å². The summed E-state index contributed by atoms with van der Waals surface area (Å²) in [4.78, 5) is 3.86. The number of hydrogen-bond acceptors (Lipinski definition) is 4. The van der Waals surface area contributed by atoms with Crippen LogP contribution in [-0.4, -0.2) is 26.0 Å². The molecule has 0 aliphatic heterocycles. The number of azo groups is 1. The van der Waals surface area contributed by atoms with Gasteiger partial charge in [-0.2, -0.15) is 0 Å². The van der Waals surface area contributed by atoms with Crippen LogP contribution >= 0.6 is 0 Å². The molecule has 0 unspecified atom stereocenters. The van der Waals surface area contributed by atoms with E-state index in [4.69, 9.17) is 0 Å². The maximum Gasteiger partial charge on any atom is 0.147 e. The van der Waals surface area contributed by atoms with Gasteiger partial charge in [-0.1, -0.05) is 12.7 Å². The van der Waals surface area contributed by atoms with Crippen LogP contribution in [0.15, 0.2) is 59.2 Å². The largest absolute Gasteiger partial charge is 0.378 e. The van der Waals surface area contributed by atoms with E-state index < -0.39 is 0 Å². The van der Waals surface area contributed by atoms with Crippen molar-refractivity contribution in [3.8, 4) is 0 Å². The minimum Gasteiger partial charge on any atom is -0.378 e. The predicted molar refractivity (Wildman–Crippen MR) is 77.0 cm³/mol. The lowest BCUT2D eigenvalue weighted by Crippen LogP contribution is -2.07. The van der Waals surface area contributed by atoms with Gasteiger partial charge in [-0.05, 0) is 31.2 Å². The molecule has 96 valence electrons. The van der Waals surface area contributed by atoms with Crippen molar-refractivity contribution >= 4 is 11.4 Å². The fourth-order valence-electron chi connectivity index (χ4n) is 1.31. The van der Waals surface area contributed by atoms with Gasteiger partial charge in [0, 0.05) is 33.0 Å². The van der Waals surface area contributed by atoms with E-state index >= 15 is 0 Å². The fourth-order valence-corrected chi connectivity index (χ4v) is 1.31. The molecule has 0 saturated carbocycles. The van der Waals surface area contributed by atoms with Crippen LogP contribution in [0.3, 0.4) is 0 Å². The third-order valence-electron chi connectivity index (χ3n) is 2.43. The van der Waals surface area contributed by atoms with Gasteiger partial charge in [0.2, 0.25) is 0 Å². The Kier molecular flexibility index (Phi) is 5.11. The van der Waals surface area contributed by atoms with Crippen molar-refractivity contribution in [2.24, 2.45) is 10.2 Å². The minimum atomic E-state index is 0.602. The number of rotatable bonds is 5. The van der Waals surface area contributed by atoms with Crippen LogP contribution in [0.4, 0.5) is 11.4 Å². The van der Waals surface area contributed by atoms with Crippen LogP contribution in [0.1, 0.15) is 6.92 Å². The Morgan fingerprint density at radius 2 is 1.78 bits per heavy atom.